The smallest absolute Gasteiger partial charge is 0.279 e. The number of hydrogen-bond acceptors (Lipinski definition) is 6. The van der Waals surface area contributed by atoms with Crippen molar-refractivity contribution in [2.45, 2.75) is 38.3 Å². The lowest BCUT2D eigenvalue weighted by Crippen LogP contribution is -2.31. The molecule has 0 aromatic heterocycles. The predicted molar refractivity (Wildman–Crippen MR) is 63.5 cm³/mol. The highest BCUT2D eigenvalue weighted by Crippen LogP contribution is 2.08. The predicted octanol–water partition coefficient (Wildman–Crippen LogP) is 0.102. The van der Waals surface area contributed by atoms with Crippen LogP contribution in [0.5, 0.6) is 0 Å². The summed E-state index contributed by atoms with van der Waals surface area (Å²) in [5, 5.41) is 25.4. The summed E-state index contributed by atoms with van der Waals surface area (Å²) in [6.45, 7) is 1.68. The van der Waals surface area contributed by atoms with Crippen LogP contribution in [0.4, 0.5) is 0 Å². The molecule has 0 spiro atoms. The van der Waals surface area contributed by atoms with E-state index >= 15 is 0 Å². The van der Waals surface area contributed by atoms with E-state index in [0.717, 1.165) is 6.42 Å². The molecular weight excluding hydrogens is 228 g/mol. The molecule has 1 atom stereocenters. The fourth-order valence-electron chi connectivity index (χ4n) is 0.833. The number of hydrogen-bond donors (Lipinski definition) is 3. The van der Waals surface area contributed by atoms with Crippen molar-refractivity contribution in [2.24, 2.45) is 0 Å². The Morgan fingerprint density at radius 3 is 1.71 bits per heavy atom. The van der Waals surface area contributed by atoms with Crippen LogP contribution in [0.1, 0.15) is 26.2 Å². The van der Waals surface area contributed by atoms with Crippen molar-refractivity contribution in [3.8, 4) is 0 Å². The van der Waals surface area contributed by atoms with E-state index in [1.54, 1.807) is 6.92 Å². The van der Waals surface area contributed by atoms with Gasteiger partial charge in [-0.15, -0.1) is 0 Å². The average molecular weight is 254 g/mol. The lowest BCUT2D eigenvalue weighted by Gasteiger charge is -2.23. The van der Waals surface area contributed by atoms with E-state index in [-0.39, 0.29) is 13.2 Å². The number of aliphatic hydroxyl groups excluding tert-OH is 3. The van der Waals surface area contributed by atoms with Crippen molar-refractivity contribution in [3.05, 3.63) is 0 Å². The van der Waals surface area contributed by atoms with Crippen LogP contribution in [-0.4, -0.2) is 61.9 Å². The number of methoxy groups -OCH3 is 3. The third-order valence-corrected chi connectivity index (χ3v) is 2.27. The summed E-state index contributed by atoms with van der Waals surface area (Å²) in [6, 6.07) is 0. The van der Waals surface area contributed by atoms with Gasteiger partial charge in [-0.25, -0.2) is 0 Å². The molecule has 0 aromatic carbocycles. The first-order chi connectivity index (χ1) is 7.99. The van der Waals surface area contributed by atoms with Gasteiger partial charge in [-0.3, -0.25) is 0 Å². The van der Waals surface area contributed by atoms with Crippen molar-refractivity contribution in [1.82, 2.24) is 0 Å². The summed E-state index contributed by atoms with van der Waals surface area (Å²) < 4.78 is 14.4. The Kier molecular flexibility index (Phi) is 13.7. The van der Waals surface area contributed by atoms with E-state index in [1.807, 2.05) is 0 Å². The fraction of sp³-hybridized carbons (Fsp3) is 1.00. The molecule has 0 bridgehead atoms. The van der Waals surface area contributed by atoms with Crippen LogP contribution >= 0.6 is 0 Å². The van der Waals surface area contributed by atoms with Gasteiger partial charge in [0.25, 0.3) is 5.97 Å². The second-order valence-corrected chi connectivity index (χ2v) is 3.53. The summed E-state index contributed by atoms with van der Waals surface area (Å²) in [4.78, 5) is 0. The van der Waals surface area contributed by atoms with Crippen LogP contribution in [0.2, 0.25) is 0 Å². The van der Waals surface area contributed by atoms with Crippen molar-refractivity contribution < 1.29 is 29.5 Å². The third kappa shape index (κ3) is 12.0. The van der Waals surface area contributed by atoms with Gasteiger partial charge in [0, 0.05) is 34.9 Å². The molecule has 1 unspecified atom stereocenters. The monoisotopic (exact) mass is 254 g/mol. The van der Waals surface area contributed by atoms with E-state index < -0.39 is 12.1 Å². The molecule has 0 saturated heterocycles. The quantitative estimate of drug-likeness (QED) is 0.420. The SMILES string of the molecule is COC(C)(OC)OC.OCCCCC(O)CO. The first-order valence-electron chi connectivity index (χ1n) is 5.54. The molecular formula is C11H26O6. The summed E-state index contributed by atoms with van der Waals surface area (Å²) in [6.07, 6.45) is 1.46. The van der Waals surface area contributed by atoms with Gasteiger partial charge < -0.3 is 29.5 Å². The van der Waals surface area contributed by atoms with Crippen molar-refractivity contribution >= 4 is 0 Å². The largest absolute Gasteiger partial charge is 0.396 e. The molecule has 0 radical (unpaired) electrons. The van der Waals surface area contributed by atoms with Gasteiger partial charge in [0.1, 0.15) is 0 Å². The second kappa shape index (κ2) is 12.2. The molecule has 3 N–H and O–H groups in total. The van der Waals surface area contributed by atoms with E-state index in [4.69, 9.17) is 29.5 Å². The summed E-state index contributed by atoms with van der Waals surface area (Å²) >= 11 is 0. The van der Waals surface area contributed by atoms with Crippen LogP contribution in [0.3, 0.4) is 0 Å². The minimum atomic E-state index is -0.875. The minimum Gasteiger partial charge on any atom is -0.396 e. The van der Waals surface area contributed by atoms with Crippen LogP contribution < -0.4 is 0 Å². The number of unbranched alkanes of at least 4 members (excludes halogenated alkanes) is 1. The van der Waals surface area contributed by atoms with Crippen LogP contribution in [0.25, 0.3) is 0 Å². The van der Waals surface area contributed by atoms with Crippen molar-refractivity contribution in [3.63, 3.8) is 0 Å². The molecule has 6 heteroatoms. The number of aliphatic hydroxyl groups is 3. The van der Waals surface area contributed by atoms with Crippen LogP contribution in [-0.2, 0) is 14.2 Å². The Labute approximate surface area is 103 Å². The summed E-state index contributed by atoms with van der Waals surface area (Å²) in [5.41, 5.74) is 0. The fourth-order valence-corrected chi connectivity index (χ4v) is 0.833. The molecule has 17 heavy (non-hydrogen) atoms. The molecule has 0 aliphatic carbocycles. The lowest BCUT2D eigenvalue weighted by atomic mass is 10.2. The number of ether oxygens (including phenoxy) is 3. The molecule has 0 aliphatic heterocycles. The molecule has 0 rings (SSSR count). The van der Waals surface area contributed by atoms with Gasteiger partial charge in [-0.1, -0.05) is 0 Å². The Bertz CT molecular complexity index is 141. The average Bonchev–Trinajstić information content (AvgIpc) is 2.38. The minimum absolute atomic E-state index is 0.165. The van der Waals surface area contributed by atoms with E-state index in [0.29, 0.717) is 12.8 Å². The van der Waals surface area contributed by atoms with Gasteiger partial charge in [-0.2, -0.15) is 0 Å². The molecule has 0 aliphatic rings. The topological polar surface area (TPSA) is 88.4 Å². The Morgan fingerprint density at radius 1 is 1.00 bits per heavy atom. The van der Waals surface area contributed by atoms with E-state index in [9.17, 15) is 0 Å². The molecule has 0 amide bonds. The van der Waals surface area contributed by atoms with Crippen molar-refractivity contribution in [1.29, 1.82) is 0 Å². The first-order valence-corrected chi connectivity index (χ1v) is 5.54. The third-order valence-electron chi connectivity index (χ3n) is 2.27. The lowest BCUT2D eigenvalue weighted by molar-refractivity contribution is -0.340. The number of rotatable bonds is 8. The van der Waals surface area contributed by atoms with Crippen LogP contribution in [0, 0.1) is 0 Å². The molecule has 0 aromatic rings. The zero-order valence-electron chi connectivity index (χ0n) is 11.2. The zero-order chi connectivity index (χ0) is 13.7. The van der Waals surface area contributed by atoms with Gasteiger partial charge in [0.2, 0.25) is 0 Å². The first kappa shape index (κ1) is 19.1. The Hall–Kier alpha value is -0.240. The summed E-state index contributed by atoms with van der Waals surface area (Å²) in [7, 11) is 4.56. The molecule has 6 nitrogen and oxygen atoms in total. The van der Waals surface area contributed by atoms with Crippen molar-refractivity contribution in [2.75, 3.05) is 34.5 Å². The Balaban J connectivity index is 0. The Morgan fingerprint density at radius 2 is 1.47 bits per heavy atom. The molecule has 0 saturated carbocycles. The van der Waals surface area contributed by atoms with Gasteiger partial charge in [-0.05, 0) is 19.3 Å². The van der Waals surface area contributed by atoms with E-state index in [1.165, 1.54) is 21.3 Å². The normalized spacial score (nSPS) is 12.9. The summed E-state index contributed by atoms with van der Waals surface area (Å²) in [5.74, 6) is -0.875. The molecule has 106 valence electrons. The maximum Gasteiger partial charge on any atom is 0.279 e. The molecule has 0 fully saturated rings. The van der Waals surface area contributed by atoms with Gasteiger partial charge in [0.05, 0.1) is 12.7 Å². The molecule has 0 heterocycles. The highest BCUT2D eigenvalue weighted by atomic mass is 16.9. The maximum atomic E-state index is 8.75. The zero-order valence-corrected chi connectivity index (χ0v) is 11.2. The highest BCUT2D eigenvalue weighted by Gasteiger charge is 2.20. The van der Waals surface area contributed by atoms with Gasteiger partial charge >= 0.3 is 0 Å². The maximum absolute atomic E-state index is 8.75. The standard InChI is InChI=1S/C6H14O3.C5H12O3/c7-4-2-1-3-6(9)5-8;1-5(6-2,7-3)8-4/h6-9H,1-5H2;1-4H3. The van der Waals surface area contributed by atoms with Crippen LogP contribution in [0.15, 0.2) is 0 Å². The van der Waals surface area contributed by atoms with Gasteiger partial charge in [0.15, 0.2) is 0 Å². The van der Waals surface area contributed by atoms with E-state index in [2.05, 4.69) is 0 Å². The second-order valence-electron chi connectivity index (χ2n) is 3.53. The highest BCUT2D eigenvalue weighted by molar-refractivity contribution is 4.51.